The van der Waals surface area contributed by atoms with E-state index in [2.05, 4.69) is 20.1 Å². The molecule has 4 rings (SSSR count). The number of methoxy groups -OCH3 is 1. The molecule has 1 N–H and O–H groups in total. The van der Waals surface area contributed by atoms with Crippen LogP contribution in [0.1, 0.15) is 5.69 Å². The van der Waals surface area contributed by atoms with Gasteiger partial charge in [0.25, 0.3) is 0 Å². The lowest BCUT2D eigenvalue weighted by atomic mass is 10.0. The van der Waals surface area contributed by atoms with E-state index in [1.54, 1.807) is 18.0 Å². The molecule has 164 valence electrons. The van der Waals surface area contributed by atoms with Crippen molar-refractivity contribution in [1.29, 1.82) is 0 Å². The van der Waals surface area contributed by atoms with E-state index in [1.165, 1.54) is 24.3 Å². The molecule has 32 heavy (non-hydrogen) atoms. The molecule has 0 unspecified atom stereocenters. The third-order valence-electron chi connectivity index (χ3n) is 4.87. The van der Waals surface area contributed by atoms with Crippen molar-refractivity contribution < 1.29 is 23.0 Å². The van der Waals surface area contributed by atoms with Gasteiger partial charge in [0, 0.05) is 17.3 Å². The third kappa shape index (κ3) is 4.51. The minimum Gasteiger partial charge on any atom is -0.497 e. The van der Waals surface area contributed by atoms with Crippen LogP contribution in [0.5, 0.6) is 11.5 Å². The lowest BCUT2D eigenvalue weighted by Gasteiger charge is -2.08. The van der Waals surface area contributed by atoms with E-state index < -0.39 is 6.61 Å². The van der Waals surface area contributed by atoms with Gasteiger partial charge < -0.3 is 14.8 Å². The average molecular weight is 438 g/mol. The van der Waals surface area contributed by atoms with Gasteiger partial charge in [0.15, 0.2) is 5.65 Å². The first-order valence-electron chi connectivity index (χ1n) is 9.76. The molecule has 0 radical (unpaired) electrons. The van der Waals surface area contributed by atoms with Gasteiger partial charge in [0.1, 0.15) is 18.0 Å². The minimum absolute atomic E-state index is 0.0157. The Balaban J connectivity index is 1.55. The van der Waals surface area contributed by atoms with Crippen molar-refractivity contribution in [1.82, 2.24) is 14.8 Å². The van der Waals surface area contributed by atoms with Crippen LogP contribution in [0.25, 0.3) is 22.2 Å². The van der Waals surface area contributed by atoms with Crippen molar-refractivity contribution in [3.05, 3.63) is 66.5 Å². The lowest BCUT2D eigenvalue weighted by molar-refractivity contribution is -0.116. The molecule has 2 aromatic heterocycles. The van der Waals surface area contributed by atoms with Crippen molar-refractivity contribution in [2.75, 3.05) is 12.4 Å². The van der Waals surface area contributed by atoms with Crippen LogP contribution >= 0.6 is 0 Å². The first kappa shape index (κ1) is 21.2. The van der Waals surface area contributed by atoms with E-state index in [4.69, 9.17) is 4.74 Å². The van der Waals surface area contributed by atoms with Crippen LogP contribution < -0.4 is 14.8 Å². The van der Waals surface area contributed by atoms with Gasteiger partial charge in [-0.05, 0) is 60.5 Å². The number of carbonyl (C=O) groups is 1. The summed E-state index contributed by atoms with van der Waals surface area (Å²) in [6, 6.07) is 15.3. The molecule has 2 heterocycles. The van der Waals surface area contributed by atoms with E-state index in [1.807, 2.05) is 37.3 Å². The van der Waals surface area contributed by atoms with Crippen molar-refractivity contribution in [3.8, 4) is 22.6 Å². The highest BCUT2D eigenvalue weighted by Gasteiger charge is 2.16. The van der Waals surface area contributed by atoms with Gasteiger partial charge in [-0.3, -0.25) is 4.79 Å². The van der Waals surface area contributed by atoms with E-state index >= 15 is 0 Å². The number of nitrogens with zero attached hydrogens (tertiary/aromatic N) is 3. The molecule has 0 aliphatic carbocycles. The summed E-state index contributed by atoms with van der Waals surface area (Å²) in [5.41, 5.74) is 3.73. The van der Waals surface area contributed by atoms with Crippen LogP contribution in [0.15, 0.2) is 60.8 Å². The maximum absolute atomic E-state index is 12.6. The number of amides is 1. The molecule has 4 aromatic rings. The first-order chi connectivity index (χ1) is 15.4. The summed E-state index contributed by atoms with van der Waals surface area (Å²) in [4.78, 5) is 17.0. The zero-order valence-corrected chi connectivity index (χ0v) is 17.4. The average Bonchev–Trinajstić information content (AvgIpc) is 3.10. The molecule has 7 nitrogen and oxygen atoms in total. The van der Waals surface area contributed by atoms with E-state index in [-0.39, 0.29) is 18.2 Å². The van der Waals surface area contributed by atoms with Crippen molar-refractivity contribution in [2.45, 2.75) is 20.1 Å². The molecule has 0 atom stereocenters. The number of aromatic nitrogens is 3. The number of hydrogen-bond donors (Lipinski definition) is 1. The Hall–Kier alpha value is -4.01. The molecule has 0 aliphatic rings. The topological polar surface area (TPSA) is 78.3 Å². The van der Waals surface area contributed by atoms with Crippen LogP contribution in [-0.4, -0.2) is 34.4 Å². The Labute approximate surface area is 182 Å². The second-order valence-electron chi connectivity index (χ2n) is 6.98. The van der Waals surface area contributed by atoms with Crippen LogP contribution in [-0.2, 0) is 11.3 Å². The number of nitrogens with one attached hydrogen (secondary N) is 1. The minimum atomic E-state index is -2.90. The van der Waals surface area contributed by atoms with Crippen LogP contribution in [0, 0.1) is 6.92 Å². The highest BCUT2D eigenvalue weighted by molar-refractivity contribution is 5.96. The second-order valence-corrected chi connectivity index (χ2v) is 6.98. The fourth-order valence-corrected chi connectivity index (χ4v) is 3.46. The number of carbonyl (C=O) groups excluding carboxylic acids is 1. The summed E-state index contributed by atoms with van der Waals surface area (Å²) in [5.74, 6) is 0.451. The monoisotopic (exact) mass is 438 g/mol. The molecule has 0 spiro atoms. The van der Waals surface area contributed by atoms with E-state index in [0.717, 1.165) is 28.0 Å². The number of pyridine rings is 1. The molecule has 9 heteroatoms. The zero-order chi connectivity index (χ0) is 22.7. The summed E-state index contributed by atoms with van der Waals surface area (Å²) in [6.45, 7) is -1.09. The van der Waals surface area contributed by atoms with Crippen LogP contribution in [0.4, 0.5) is 14.5 Å². The van der Waals surface area contributed by atoms with Gasteiger partial charge in [-0.25, -0.2) is 9.67 Å². The Morgan fingerprint density at radius 2 is 1.75 bits per heavy atom. The number of anilines is 1. The molecule has 0 saturated carbocycles. The van der Waals surface area contributed by atoms with Gasteiger partial charge in [0.05, 0.1) is 12.8 Å². The van der Waals surface area contributed by atoms with Gasteiger partial charge in [-0.2, -0.15) is 13.9 Å². The van der Waals surface area contributed by atoms with Crippen molar-refractivity contribution in [3.63, 3.8) is 0 Å². The molecule has 2 aromatic carbocycles. The fraction of sp³-hybridized carbons (Fsp3) is 0.174. The number of alkyl halides is 2. The molecule has 0 saturated heterocycles. The van der Waals surface area contributed by atoms with Gasteiger partial charge in [0.2, 0.25) is 5.91 Å². The quantitative estimate of drug-likeness (QED) is 0.454. The van der Waals surface area contributed by atoms with E-state index in [0.29, 0.717) is 11.3 Å². The van der Waals surface area contributed by atoms with E-state index in [9.17, 15) is 13.6 Å². The number of benzene rings is 2. The smallest absolute Gasteiger partial charge is 0.387 e. The van der Waals surface area contributed by atoms with Gasteiger partial charge in [-0.1, -0.05) is 12.1 Å². The number of ether oxygens (including phenoxy) is 2. The number of aryl methyl sites for hydroxylation is 1. The molecular weight excluding hydrogens is 418 g/mol. The fourth-order valence-electron chi connectivity index (χ4n) is 3.46. The zero-order valence-electron chi connectivity index (χ0n) is 17.4. The maximum Gasteiger partial charge on any atom is 0.387 e. The summed E-state index contributed by atoms with van der Waals surface area (Å²) in [7, 11) is 1.62. The standard InChI is InChI=1S/C23H20F2N4O3/c1-14-21-19(15-3-7-17(31-2)8-4-15)11-12-26-22(21)29(28-14)13-20(30)27-16-5-9-18(10-6-16)32-23(24)25/h3-12,23H,13H2,1-2H3,(H,27,30). The SMILES string of the molecule is COc1ccc(-c2ccnc3c2c(C)nn3CC(=O)Nc2ccc(OC(F)F)cc2)cc1. The Morgan fingerprint density at radius 3 is 2.41 bits per heavy atom. The molecule has 1 amide bonds. The summed E-state index contributed by atoms with van der Waals surface area (Å²) in [6.07, 6.45) is 1.68. The highest BCUT2D eigenvalue weighted by Crippen LogP contribution is 2.31. The normalized spacial score (nSPS) is 11.0. The Bertz CT molecular complexity index is 1240. The molecule has 0 aliphatic heterocycles. The Morgan fingerprint density at radius 1 is 1.06 bits per heavy atom. The molecular formula is C23H20F2N4O3. The summed E-state index contributed by atoms with van der Waals surface area (Å²) < 4.78 is 35.6. The first-order valence-corrected chi connectivity index (χ1v) is 9.76. The number of halogens is 2. The number of rotatable bonds is 7. The summed E-state index contributed by atoms with van der Waals surface area (Å²) >= 11 is 0. The van der Waals surface area contributed by atoms with Gasteiger partial charge in [-0.15, -0.1) is 0 Å². The predicted molar refractivity (Wildman–Crippen MR) is 116 cm³/mol. The van der Waals surface area contributed by atoms with Gasteiger partial charge >= 0.3 is 6.61 Å². The van der Waals surface area contributed by atoms with Crippen molar-refractivity contribution in [2.24, 2.45) is 0 Å². The third-order valence-corrected chi connectivity index (χ3v) is 4.87. The van der Waals surface area contributed by atoms with Crippen LogP contribution in [0.2, 0.25) is 0 Å². The number of hydrogen-bond acceptors (Lipinski definition) is 5. The van der Waals surface area contributed by atoms with Crippen LogP contribution in [0.3, 0.4) is 0 Å². The van der Waals surface area contributed by atoms with Crippen molar-refractivity contribution >= 4 is 22.6 Å². The second kappa shape index (κ2) is 9.01. The maximum atomic E-state index is 12.6. The largest absolute Gasteiger partial charge is 0.497 e. The molecule has 0 fully saturated rings. The predicted octanol–water partition coefficient (Wildman–Crippen LogP) is 4.66. The number of fused-ring (bicyclic) bond motifs is 1. The summed E-state index contributed by atoms with van der Waals surface area (Å²) in [5, 5.41) is 8.08. The Kier molecular flexibility index (Phi) is 5.98. The lowest BCUT2D eigenvalue weighted by Crippen LogP contribution is -2.19. The molecule has 0 bridgehead atoms. The highest BCUT2D eigenvalue weighted by atomic mass is 19.3.